The van der Waals surface area contributed by atoms with Gasteiger partial charge in [0.1, 0.15) is 5.69 Å². The molecular formula is C23H24F6N4O4. The van der Waals surface area contributed by atoms with Gasteiger partial charge in [-0.05, 0) is 63.0 Å². The molecule has 4 saturated carbocycles. The molecule has 0 radical (unpaired) electrons. The van der Waals surface area contributed by atoms with E-state index in [1.165, 1.54) is 0 Å². The maximum Gasteiger partial charge on any atom is 0.522 e. The van der Waals surface area contributed by atoms with E-state index in [0.29, 0.717) is 23.9 Å². The molecule has 4 fully saturated rings. The zero-order chi connectivity index (χ0) is 26.2. The maximum atomic E-state index is 13.1. The van der Waals surface area contributed by atoms with E-state index >= 15 is 0 Å². The topological polar surface area (TPSA) is 91.4 Å². The fourth-order valence-electron chi connectivity index (χ4n) is 6.20. The van der Waals surface area contributed by atoms with Crippen molar-refractivity contribution >= 4 is 5.91 Å². The maximum absolute atomic E-state index is 13.1. The average Bonchev–Trinajstić information content (AvgIpc) is 3.39. The molecule has 3 unspecified atom stereocenters. The van der Waals surface area contributed by atoms with Crippen LogP contribution in [-0.4, -0.2) is 51.1 Å². The first-order valence-corrected chi connectivity index (χ1v) is 12.2. The number of nitrogens with zero attached hydrogens (tertiary/aromatic N) is 3. The van der Waals surface area contributed by atoms with Crippen molar-refractivity contribution < 1.29 is 45.0 Å². The normalized spacial score (nSPS) is 35.0. The van der Waals surface area contributed by atoms with Crippen molar-refractivity contribution in [3.63, 3.8) is 0 Å². The molecule has 6 rings (SSSR count). The second-order valence-corrected chi connectivity index (χ2v) is 10.5. The smallest absolute Gasteiger partial charge is 0.425 e. The van der Waals surface area contributed by atoms with Crippen LogP contribution in [0.4, 0.5) is 26.3 Å². The standard InChI is InChI=1S/C23H24F6N4O4/c24-22(25,26)36-13-6-11(7-13)19-31-32-20(35-19)15-10-21(4-3-16(15)21)30-18(34)17-2-1-5-33(17)12-8-14(9-12)37-23(27,28)29/h1-2,5,11-16H,3-4,6-10H2,(H,30,34)/t11?,12-,13?,14+,15?,16?,21?. The third-order valence-corrected chi connectivity index (χ3v) is 8.34. The van der Waals surface area contributed by atoms with Crippen molar-refractivity contribution in [3.8, 4) is 0 Å². The van der Waals surface area contributed by atoms with Gasteiger partial charge in [0.2, 0.25) is 11.8 Å². The number of amides is 1. The van der Waals surface area contributed by atoms with Crippen LogP contribution in [0.3, 0.4) is 0 Å². The lowest BCUT2D eigenvalue weighted by Crippen LogP contribution is -2.69. The Labute approximate surface area is 206 Å². The number of fused-ring (bicyclic) bond motifs is 1. The van der Waals surface area contributed by atoms with Gasteiger partial charge in [0, 0.05) is 29.6 Å². The van der Waals surface area contributed by atoms with Gasteiger partial charge in [0.25, 0.3) is 5.91 Å². The summed E-state index contributed by atoms with van der Waals surface area (Å²) in [4.78, 5) is 13.1. The Hall–Kier alpha value is -2.61. The molecule has 1 N–H and O–H groups in total. The first-order valence-electron chi connectivity index (χ1n) is 12.2. The predicted molar refractivity (Wildman–Crippen MR) is 111 cm³/mol. The second-order valence-electron chi connectivity index (χ2n) is 10.5. The Morgan fingerprint density at radius 2 is 1.68 bits per heavy atom. The first kappa shape index (κ1) is 24.7. The van der Waals surface area contributed by atoms with Gasteiger partial charge >= 0.3 is 12.7 Å². The fourth-order valence-corrected chi connectivity index (χ4v) is 6.20. The van der Waals surface area contributed by atoms with Crippen molar-refractivity contribution in [1.29, 1.82) is 0 Å². The van der Waals surface area contributed by atoms with Gasteiger partial charge in [-0.2, -0.15) is 0 Å². The number of carbonyl (C=O) groups is 1. The van der Waals surface area contributed by atoms with Crippen LogP contribution in [0, 0.1) is 5.92 Å². The molecule has 0 saturated heterocycles. The molecule has 37 heavy (non-hydrogen) atoms. The van der Waals surface area contributed by atoms with Gasteiger partial charge in [-0.25, -0.2) is 0 Å². The SMILES string of the molecule is O=C(NC12CCC1C(c1nnc(C3CC(OC(F)(F)F)C3)o1)C2)c1cccn1[C@H]1C[C@@H](OC(F)(F)F)C1. The molecule has 0 spiro atoms. The number of ether oxygens (including phenoxy) is 2. The van der Waals surface area contributed by atoms with Gasteiger partial charge in [-0.1, -0.05) is 0 Å². The molecule has 1 amide bonds. The summed E-state index contributed by atoms with van der Waals surface area (Å²) in [5.74, 6) is 0.243. The quantitative estimate of drug-likeness (QED) is 0.505. The summed E-state index contributed by atoms with van der Waals surface area (Å²) in [6.45, 7) is 0. The highest BCUT2D eigenvalue weighted by atomic mass is 19.4. The van der Waals surface area contributed by atoms with Crippen molar-refractivity contribution in [2.24, 2.45) is 5.92 Å². The largest absolute Gasteiger partial charge is 0.522 e. The third kappa shape index (κ3) is 4.62. The van der Waals surface area contributed by atoms with Crippen molar-refractivity contribution in [1.82, 2.24) is 20.1 Å². The number of aromatic nitrogens is 3. The molecule has 2 aromatic rings. The minimum Gasteiger partial charge on any atom is -0.425 e. The van der Waals surface area contributed by atoms with Crippen LogP contribution in [0.1, 0.15) is 85.1 Å². The molecule has 202 valence electrons. The van der Waals surface area contributed by atoms with Crippen LogP contribution in [-0.2, 0) is 9.47 Å². The van der Waals surface area contributed by atoms with E-state index < -0.39 is 30.5 Å². The van der Waals surface area contributed by atoms with Crippen LogP contribution < -0.4 is 5.32 Å². The first-order chi connectivity index (χ1) is 17.4. The summed E-state index contributed by atoms with van der Waals surface area (Å²) in [6.07, 6.45) is -6.54. The van der Waals surface area contributed by atoms with E-state index in [-0.39, 0.29) is 55.4 Å². The Bertz CT molecular complexity index is 1170. The van der Waals surface area contributed by atoms with Crippen molar-refractivity contribution in [2.75, 3.05) is 0 Å². The zero-order valence-electron chi connectivity index (χ0n) is 19.4. The molecule has 0 aliphatic heterocycles. The van der Waals surface area contributed by atoms with E-state index in [1.807, 2.05) is 0 Å². The summed E-state index contributed by atoms with van der Waals surface area (Å²) in [6, 6.07) is 3.10. The number of alkyl halides is 6. The van der Waals surface area contributed by atoms with Gasteiger partial charge in [0.15, 0.2) is 0 Å². The number of rotatable bonds is 7. The molecule has 3 atom stereocenters. The van der Waals surface area contributed by atoms with Crippen molar-refractivity contribution in [3.05, 3.63) is 35.8 Å². The van der Waals surface area contributed by atoms with E-state index in [0.717, 1.165) is 12.8 Å². The van der Waals surface area contributed by atoms with Crippen LogP contribution in [0.2, 0.25) is 0 Å². The van der Waals surface area contributed by atoms with Crippen LogP contribution >= 0.6 is 0 Å². The molecule has 8 nitrogen and oxygen atoms in total. The predicted octanol–water partition coefficient (Wildman–Crippen LogP) is 4.96. The summed E-state index contributed by atoms with van der Waals surface area (Å²) in [7, 11) is 0. The molecule has 2 heterocycles. The van der Waals surface area contributed by atoms with E-state index in [2.05, 4.69) is 25.0 Å². The number of nitrogens with one attached hydrogen (secondary N) is 1. The Balaban J connectivity index is 1.03. The Morgan fingerprint density at radius 1 is 1.03 bits per heavy atom. The lowest BCUT2D eigenvalue weighted by molar-refractivity contribution is -0.353. The molecule has 0 bridgehead atoms. The van der Waals surface area contributed by atoms with Gasteiger partial charge in [-0.15, -0.1) is 36.5 Å². The molecule has 2 aromatic heterocycles. The highest BCUT2D eigenvalue weighted by Crippen LogP contribution is 2.61. The number of hydrogen-bond acceptors (Lipinski definition) is 6. The van der Waals surface area contributed by atoms with Gasteiger partial charge in [0.05, 0.1) is 12.2 Å². The van der Waals surface area contributed by atoms with E-state index in [4.69, 9.17) is 4.42 Å². The fraction of sp³-hybridized carbons (Fsp3) is 0.696. The van der Waals surface area contributed by atoms with Crippen LogP contribution in [0.25, 0.3) is 0 Å². The summed E-state index contributed by atoms with van der Waals surface area (Å²) < 4.78 is 89.8. The minimum absolute atomic E-state index is 0.0451. The summed E-state index contributed by atoms with van der Waals surface area (Å²) in [5, 5.41) is 11.3. The van der Waals surface area contributed by atoms with E-state index in [1.54, 1.807) is 22.9 Å². The Kier molecular flexibility index (Phi) is 5.64. The number of carbonyl (C=O) groups excluding carboxylic acids is 1. The molecule has 4 aliphatic carbocycles. The molecular weight excluding hydrogens is 510 g/mol. The summed E-state index contributed by atoms with van der Waals surface area (Å²) >= 11 is 0. The zero-order valence-corrected chi connectivity index (χ0v) is 19.4. The highest BCUT2D eigenvalue weighted by molar-refractivity contribution is 5.93. The lowest BCUT2D eigenvalue weighted by Gasteiger charge is -2.62. The molecule has 4 aliphatic rings. The number of hydrogen-bond donors (Lipinski definition) is 1. The lowest BCUT2D eigenvalue weighted by atomic mass is 9.47. The summed E-state index contributed by atoms with van der Waals surface area (Å²) in [5.41, 5.74) is -0.0191. The average molecular weight is 534 g/mol. The second kappa shape index (κ2) is 8.45. The third-order valence-electron chi connectivity index (χ3n) is 8.34. The molecule has 0 aromatic carbocycles. The van der Waals surface area contributed by atoms with Gasteiger partial charge < -0.3 is 14.3 Å². The minimum atomic E-state index is -4.67. The number of halogens is 6. The van der Waals surface area contributed by atoms with Crippen LogP contribution in [0.15, 0.2) is 22.7 Å². The molecule has 14 heteroatoms. The van der Waals surface area contributed by atoms with Gasteiger partial charge in [-0.3, -0.25) is 14.3 Å². The van der Waals surface area contributed by atoms with E-state index in [9.17, 15) is 31.1 Å². The van der Waals surface area contributed by atoms with Crippen molar-refractivity contribution in [2.45, 2.75) is 93.3 Å². The monoisotopic (exact) mass is 534 g/mol. The highest BCUT2D eigenvalue weighted by Gasteiger charge is 2.63. The Morgan fingerprint density at radius 3 is 2.27 bits per heavy atom. The van der Waals surface area contributed by atoms with Crippen LogP contribution in [0.5, 0.6) is 0 Å².